The lowest BCUT2D eigenvalue weighted by Crippen LogP contribution is -2.11. The fraction of sp³-hybridized carbons (Fsp3) is 0.500. The van der Waals surface area contributed by atoms with Crippen LogP contribution in [-0.2, 0) is 6.54 Å². The Bertz CT molecular complexity index is 308. The summed E-state index contributed by atoms with van der Waals surface area (Å²) in [6, 6.07) is 1.72. The van der Waals surface area contributed by atoms with Crippen molar-refractivity contribution in [2.45, 2.75) is 19.9 Å². The first-order chi connectivity index (χ1) is 6.15. The van der Waals surface area contributed by atoms with E-state index >= 15 is 0 Å². The monoisotopic (exact) mass is 245 g/mol. The maximum atomic E-state index is 11.1. The van der Waals surface area contributed by atoms with Crippen LogP contribution in [0.4, 0.5) is 0 Å². The van der Waals surface area contributed by atoms with Crippen LogP contribution in [-0.4, -0.2) is 22.1 Å². The third kappa shape index (κ3) is 2.63. The van der Waals surface area contributed by atoms with Gasteiger partial charge in [-0.05, 0) is 28.9 Å². The summed E-state index contributed by atoms with van der Waals surface area (Å²) in [5.74, 6) is 0.0234. The zero-order chi connectivity index (χ0) is 9.84. The second kappa shape index (κ2) is 4.53. The van der Waals surface area contributed by atoms with Crippen molar-refractivity contribution in [2.24, 2.45) is 5.73 Å². The molecule has 5 heteroatoms. The van der Waals surface area contributed by atoms with E-state index in [1.807, 2.05) is 0 Å². The van der Waals surface area contributed by atoms with E-state index in [4.69, 9.17) is 5.73 Å². The molecule has 0 bridgehead atoms. The molecule has 0 aliphatic carbocycles. The quantitative estimate of drug-likeness (QED) is 0.812. The van der Waals surface area contributed by atoms with Crippen LogP contribution in [0, 0.1) is 0 Å². The van der Waals surface area contributed by atoms with Gasteiger partial charge < -0.3 is 5.73 Å². The normalized spacial score (nSPS) is 10.4. The van der Waals surface area contributed by atoms with E-state index in [9.17, 15) is 4.79 Å². The zero-order valence-corrected chi connectivity index (χ0v) is 9.04. The SMILES string of the molecule is CC(=O)c1cc(Br)nn1CCCN. The van der Waals surface area contributed by atoms with Crippen LogP contribution in [0.1, 0.15) is 23.8 Å². The maximum Gasteiger partial charge on any atom is 0.177 e. The minimum atomic E-state index is 0.0234. The Balaban J connectivity index is 2.84. The second-order valence-electron chi connectivity index (χ2n) is 2.77. The van der Waals surface area contributed by atoms with Gasteiger partial charge in [0.15, 0.2) is 5.78 Å². The molecule has 1 heterocycles. The number of rotatable bonds is 4. The van der Waals surface area contributed by atoms with Crippen LogP contribution in [0.25, 0.3) is 0 Å². The van der Waals surface area contributed by atoms with E-state index in [2.05, 4.69) is 21.0 Å². The summed E-state index contributed by atoms with van der Waals surface area (Å²) in [4.78, 5) is 11.1. The first-order valence-electron chi connectivity index (χ1n) is 4.09. The van der Waals surface area contributed by atoms with Gasteiger partial charge >= 0.3 is 0 Å². The highest BCUT2D eigenvalue weighted by Gasteiger charge is 2.09. The van der Waals surface area contributed by atoms with Crippen molar-refractivity contribution in [3.8, 4) is 0 Å². The molecule has 0 aliphatic heterocycles. The van der Waals surface area contributed by atoms with Crippen molar-refractivity contribution >= 4 is 21.7 Å². The van der Waals surface area contributed by atoms with E-state index in [1.54, 1.807) is 10.7 Å². The average molecular weight is 246 g/mol. The van der Waals surface area contributed by atoms with Gasteiger partial charge in [0.2, 0.25) is 0 Å². The molecule has 1 rings (SSSR count). The zero-order valence-electron chi connectivity index (χ0n) is 7.46. The smallest absolute Gasteiger partial charge is 0.177 e. The van der Waals surface area contributed by atoms with Gasteiger partial charge in [0.25, 0.3) is 0 Å². The Morgan fingerprint density at radius 2 is 2.46 bits per heavy atom. The van der Waals surface area contributed by atoms with Crippen molar-refractivity contribution in [2.75, 3.05) is 6.54 Å². The Hall–Kier alpha value is -0.680. The molecule has 4 nitrogen and oxygen atoms in total. The lowest BCUT2D eigenvalue weighted by molar-refractivity contribution is 0.100. The van der Waals surface area contributed by atoms with Crippen LogP contribution < -0.4 is 5.73 Å². The number of Topliss-reactive ketones (excluding diaryl/α,β-unsaturated/α-hetero) is 1. The number of ketones is 1. The van der Waals surface area contributed by atoms with Crippen LogP contribution in [0.5, 0.6) is 0 Å². The molecule has 0 aliphatic rings. The van der Waals surface area contributed by atoms with Gasteiger partial charge in [0.05, 0.1) is 0 Å². The highest BCUT2D eigenvalue weighted by Crippen LogP contribution is 2.11. The second-order valence-corrected chi connectivity index (χ2v) is 3.59. The van der Waals surface area contributed by atoms with Crippen LogP contribution >= 0.6 is 15.9 Å². The third-order valence-corrected chi connectivity index (χ3v) is 2.07. The first-order valence-corrected chi connectivity index (χ1v) is 4.89. The molecule has 1 aromatic heterocycles. The molecule has 0 fully saturated rings. The van der Waals surface area contributed by atoms with Crippen molar-refractivity contribution in [1.82, 2.24) is 9.78 Å². The number of carbonyl (C=O) groups excluding carboxylic acids is 1. The summed E-state index contributed by atoms with van der Waals surface area (Å²) in [6.45, 7) is 2.83. The summed E-state index contributed by atoms with van der Waals surface area (Å²) >= 11 is 3.23. The number of carbonyl (C=O) groups is 1. The number of hydrogen-bond acceptors (Lipinski definition) is 3. The minimum Gasteiger partial charge on any atom is -0.330 e. The van der Waals surface area contributed by atoms with Gasteiger partial charge in [-0.1, -0.05) is 0 Å². The number of hydrogen-bond donors (Lipinski definition) is 1. The van der Waals surface area contributed by atoms with Crippen molar-refractivity contribution in [3.05, 3.63) is 16.4 Å². The first kappa shape index (κ1) is 10.4. The summed E-state index contributed by atoms with van der Waals surface area (Å²) in [5, 5.41) is 4.13. The third-order valence-electron chi connectivity index (χ3n) is 1.68. The van der Waals surface area contributed by atoms with Gasteiger partial charge in [0, 0.05) is 19.5 Å². The van der Waals surface area contributed by atoms with Crippen LogP contribution in [0.3, 0.4) is 0 Å². The number of nitrogens with two attached hydrogens (primary N) is 1. The van der Waals surface area contributed by atoms with E-state index in [-0.39, 0.29) is 5.78 Å². The van der Waals surface area contributed by atoms with E-state index in [0.717, 1.165) is 6.42 Å². The van der Waals surface area contributed by atoms with E-state index in [1.165, 1.54) is 6.92 Å². The molecule has 72 valence electrons. The van der Waals surface area contributed by atoms with E-state index < -0.39 is 0 Å². The molecule has 0 atom stereocenters. The van der Waals surface area contributed by atoms with Gasteiger partial charge in [-0.2, -0.15) is 5.10 Å². The molecule has 0 saturated carbocycles. The van der Waals surface area contributed by atoms with Crippen LogP contribution in [0.15, 0.2) is 10.7 Å². The lowest BCUT2D eigenvalue weighted by atomic mass is 10.3. The van der Waals surface area contributed by atoms with Crippen molar-refractivity contribution < 1.29 is 4.79 Å². The average Bonchev–Trinajstić information content (AvgIpc) is 2.43. The molecule has 0 spiro atoms. The summed E-state index contributed by atoms with van der Waals surface area (Å²) in [5.41, 5.74) is 6.00. The molecule has 1 aromatic rings. The predicted octanol–water partition coefficient (Wildman–Crippen LogP) is 1.20. The number of halogens is 1. The molecular formula is C8H12BrN3O. The molecule has 0 saturated heterocycles. The summed E-state index contributed by atoms with van der Waals surface area (Å²) in [6.07, 6.45) is 0.828. The number of nitrogens with zero attached hydrogens (tertiary/aromatic N) is 2. The lowest BCUT2D eigenvalue weighted by Gasteiger charge is -2.02. The molecule has 2 N–H and O–H groups in total. The van der Waals surface area contributed by atoms with Gasteiger partial charge in [-0.3, -0.25) is 9.48 Å². The largest absolute Gasteiger partial charge is 0.330 e. The number of aryl methyl sites for hydroxylation is 1. The highest BCUT2D eigenvalue weighted by molar-refractivity contribution is 9.10. The van der Waals surface area contributed by atoms with Gasteiger partial charge in [-0.15, -0.1) is 0 Å². The fourth-order valence-corrected chi connectivity index (χ4v) is 1.49. The molecule has 0 radical (unpaired) electrons. The Morgan fingerprint density at radius 3 is 3.00 bits per heavy atom. The maximum absolute atomic E-state index is 11.1. The topological polar surface area (TPSA) is 60.9 Å². The molecule has 13 heavy (non-hydrogen) atoms. The van der Waals surface area contributed by atoms with Crippen molar-refractivity contribution in [3.63, 3.8) is 0 Å². The fourth-order valence-electron chi connectivity index (χ4n) is 1.08. The minimum absolute atomic E-state index is 0.0234. The highest BCUT2D eigenvalue weighted by atomic mass is 79.9. The van der Waals surface area contributed by atoms with E-state index in [0.29, 0.717) is 23.4 Å². The Labute approximate surface area is 85.2 Å². The Morgan fingerprint density at radius 1 is 1.77 bits per heavy atom. The molecule has 0 aromatic carbocycles. The molecular weight excluding hydrogens is 234 g/mol. The number of aromatic nitrogens is 2. The standard InChI is InChI=1S/C8H12BrN3O/c1-6(13)7-5-8(9)11-12(7)4-2-3-10/h5H,2-4,10H2,1H3. The molecule has 0 amide bonds. The summed E-state index contributed by atoms with van der Waals surface area (Å²) in [7, 11) is 0. The summed E-state index contributed by atoms with van der Waals surface area (Å²) < 4.78 is 2.37. The van der Waals surface area contributed by atoms with Crippen molar-refractivity contribution in [1.29, 1.82) is 0 Å². The van der Waals surface area contributed by atoms with Crippen LogP contribution in [0.2, 0.25) is 0 Å². The van der Waals surface area contributed by atoms with Gasteiger partial charge in [0.1, 0.15) is 10.3 Å². The predicted molar refractivity (Wildman–Crippen MR) is 53.6 cm³/mol. The molecule has 0 unspecified atom stereocenters. The Kier molecular flexibility index (Phi) is 3.62. The van der Waals surface area contributed by atoms with Gasteiger partial charge in [-0.25, -0.2) is 0 Å².